The second kappa shape index (κ2) is 6.22. The largest absolute Gasteiger partial charge is 0.544 e. The summed E-state index contributed by atoms with van der Waals surface area (Å²) in [5, 5.41) is 10.4. The quantitative estimate of drug-likeness (QED) is 0.844. The van der Waals surface area contributed by atoms with Crippen molar-refractivity contribution >= 4 is 33.7 Å². The van der Waals surface area contributed by atoms with Crippen LogP contribution in [0.15, 0.2) is 22.7 Å². The first-order valence-corrected chi connectivity index (χ1v) is 6.51. The zero-order valence-corrected chi connectivity index (χ0v) is 10.8. The summed E-state index contributed by atoms with van der Waals surface area (Å²) in [7, 11) is 0. The first kappa shape index (κ1) is 13.5. The number of carbonyl (C=O) groups excluding carboxylic acids is 1. The van der Waals surface area contributed by atoms with E-state index in [9.17, 15) is 14.3 Å². The van der Waals surface area contributed by atoms with Gasteiger partial charge in [0, 0.05) is 10.2 Å². The van der Waals surface area contributed by atoms with Gasteiger partial charge < -0.3 is 15.6 Å². The maximum absolute atomic E-state index is 13.3. The minimum Gasteiger partial charge on any atom is -0.544 e. The van der Waals surface area contributed by atoms with Crippen molar-refractivity contribution in [2.24, 2.45) is 0 Å². The van der Waals surface area contributed by atoms with Crippen LogP contribution in [0.25, 0.3) is 0 Å². The molecule has 1 aromatic rings. The Kier molecular flexibility index (Phi) is 5.24. The lowest BCUT2D eigenvalue weighted by Crippen LogP contribution is -2.69. The Morgan fingerprint density at radius 3 is 2.94 bits per heavy atom. The minimum atomic E-state index is -1.18. The number of aliphatic carboxylic acids is 1. The fourth-order valence-electron chi connectivity index (χ4n) is 1.03. The monoisotopic (exact) mass is 307 g/mol. The smallest absolute Gasteiger partial charge is 0.134 e. The van der Waals surface area contributed by atoms with Crippen LogP contribution in [0.3, 0.4) is 0 Å². The predicted molar refractivity (Wildman–Crippen MR) is 61.9 cm³/mol. The molecule has 0 unspecified atom stereocenters. The van der Waals surface area contributed by atoms with E-state index >= 15 is 0 Å². The Morgan fingerprint density at radius 1 is 1.62 bits per heavy atom. The Hall–Kier alpha value is -0.590. The van der Waals surface area contributed by atoms with Crippen LogP contribution in [-0.2, 0) is 10.5 Å². The number of carboxylic acid groups (broad SMARTS) is 1. The van der Waals surface area contributed by atoms with E-state index in [0.29, 0.717) is 17.1 Å². The molecule has 88 valence electrons. The molecule has 3 nitrogen and oxygen atoms in total. The van der Waals surface area contributed by atoms with Crippen LogP contribution in [0.4, 0.5) is 4.39 Å². The molecule has 0 bridgehead atoms. The van der Waals surface area contributed by atoms with Crippen LogP contribution in [-0.4, -0.2) is 17.8 Å². The van der Waals surface area contributed by atoms with E-state index in [1.54, 1.807) is 12.1 Å². The second-order valence-electron chi connectivity index (χ2n) is 3.27. The molecule has 3 N–H and O–H groups in total. The Morgan fingerprint density at radius 2 is 2.31 bits per heavy atom. The Bertz CT molecular complexity index is 389. The van der Waals surface area contributed by atoms with Gasteiger partial charge in [0.25, 0.3) is 0 Å². The molecule has 0 radical (unpaired) electrons. The standard InChI is InChI=1S/C10H11BrFNO2S/c11-7-1-2-8(12)6(3-7)4-16-5-9(13)10(14)15/h1-3,9H,4-5,13H2,(H,14,15)/t9-/m0/s1. The molecule has 0 saturated carbocycles. The summed E-state index contributed by atoms with van der Waals surface area (Å²) in [6, 6.07) is 3.91. The van der Waals surface area contributed by atoms with Gasteiger partial charge in [0.15, 0.2) is 0 Å². The summed E-state index contributed by atoms with van der Waals surface area (Å²) in [5.74, 6) is -0.731. The molecular weight excluding hydrogens is 297 g/mol. The highest BCUT2D eigenvalue weighted by Crippen LogP contribution is 2.20. The van der Waals surface area contributed by atoms with Gasteiger partial charge in [-0.3, -0.25) is 0 Å². The normalized spacial score (nSPS) is 12.4. The summed E-state index contributed by atoms with van der Waals surface area (Å²) in [6.45, 7) is 0. The summed E-state index contributed by atoms with van der Waals surface area (Å²) in [4.78, 5) is 10.4. The molecule has 0 amide bonds. The van der Waals surface area contributed by atoms with Gasteiger partial charge in [-0.1, -0.05) is 15.9 Å². The van der Waals surface area contributed by atoms with E-state index in [2.05, 4.69) is 21.7 Å². The van der Waals surface area contributed by atoms with Crippen molar-refractivity contribution in [1.29, 1.82) is 0 Å². The Balaban J connectivity index is 2.48. The van der Waals surface area contributed by atoms with Crippen LogP contribution in [0.2, 0.25) is 0 Å². The molecule has 0 fully saturated rings. The fraction of sp³-hybridized carbons (Fsp3) is 0.300. The van der Waals surface area contributed by atoms with Gasteiger partial charge in [0.05, 0.1) is 11.7 Å². The molecule has 0 spiro atoms. The number of carboxylic acids is 1. The predicted octanol–water partition coefficient (Wildman–Crippen LogP) is 0.182. The summed E-state index contributed by atoms with van der Waals surface area (Å²) in [6.07, 6.45) is 0. The van der Waals surface area contributed by atoms with E-state index in [0.717, 1.165) is 4.47 Å². The third-order valence-electron chi connectivity index (χ3n) is 1.92. The molecule has 0 heterocycles. The van der Waals surface area contributed by atoms with Gasteiger partial charge in [-0.05, 0) is 23.8 Å². The second-order valence-corrected chi connectivity index (χ2v) is 5.21. The topological polar surface area (TPSA) is 67.8 Å². The summed E-state index contributed by atoms with van der Waals surface area (Å²) >= 11 is 4.57. The number of halogens is 2. The first-order chi connectivity index (χ1) is 7.50. The SMILES string of the molecule is [NH3+][C@@H](CSCc1cc(Br)ccc1F)C(=O)[O-]. The number of rotatable bonds is 5. The molecule has 1 rings (SSSR count). The van der Waals surface area contributed by atoms with Crippen molar-refractivity contribution in [1.82, 2.24) is 0 Å². The molecule has 0 aliphatic heterocycles. The number of quaternary nitrogens is 1. The molecule has 1 atom stereocenters. The number of hydrogen-bond donors (Lipinski definition) is 1. The van der Waals surface area contributed by atoms with Crippen molar-refractivity contribution in [3.05, 3.63) is 34.1 Å². The van der Waals surface area contributed by atoms with Crippen molar-refractivity contribution in [3.63, 3.8) is 0 Å². The lowest BCUT2D eigenvalue weighted by Gasteiger charge is -2.09. The van der Waals surface area contributed by atoms with E-state index in [-0.39, 0.29) is 5.82 Å². The highest BCUT2D eigenvalue weighted by Gasteiger charge is 2.08. The van der Waals surface area contributed by atoms with Crippen molar-refractivity contribution < 1.29 is 20.0 Å². The fourth-order valence-corrected chi connectivity index (χ4v) is 2.42. The number of thioether (sulfide) groups is 1. The zero-order chi connectivity index (χ0) is 12.1. The summed E-state index contributed by atoms with van der Waals surface area (Å²) < 4.78 is 14.1. The maximum Gasteiger partial charge on any atom is 0.134 e. The van der Waals surface area contributed by atoms with Gasteiger partial charge in [0.1, 0.15) is 11.9 Å². The zero-order valence-electron chi connectivity index (χ0n) is 8.41. The number of carbonyl (C=O) groups is 1. The van der Waals surface area contributed by atoms with Gasteiger partial charge in [-0.25, -0.2) is 4.39 Å². The highest BCUT2D eigenvalue weighted by atomic mass is 79.9. The van der Waals surface area contributed by atoms with Crippen LogP contribution in [0.5, 0.6) is 0 Å². The van der Waals surface area contributed by atoms with Crippen molar-refractivity contribution in [3.8, 4) is 0 Å². The third kappa shape index (κ3) is 4.11. The molecule has 1 aromatic carbocycles. The molecule has 6 heteroatoms. The van der Waals surface area contributed by atoms with Gasteiger partial charge >= 0.3 is 0 Å². The van der Waals surface area contributed by atoms with Crippen molar-refractivity contribution in [2.75, 3.05) is 5.75 Å². The molecular formula is C10H11BrFNO2S. The first-order valence-electron chi connectivity index (χ1n) is 4.56. The van der Waals surface area contributed by atoms with Crippen LogP contribution >= 0.6 is 27.7 Å². The van der Waals surface area contributed by atoms with Crippen molar-refractivity contribution in [2.45, 2.75) is 11.8 Å². The van der Waals surface area contributed by atoms with E-state index in [4.69, 9.17) is 0 Å². The molecule has 0 aliphatic rings. The molecule has 0 saturated heterocycles. The lowest BCUT2D eigenvalue weighted by molar-refractivity contribution is -0.431. The van der Waals surface area contributed by atoms with E-state index in [1.165, 1.54) is 17.8 Å². The number of hydrogen-bond acceptors (Lipinski definition) is 3. The Labute approximate surface area is 105 Å². The molecule has 0 aromatic heterocycles. The van der Waals surface area contributed by atoms with Gasteiger partial charge in [-0.2, -0.15) is 11.8 Å². The van der Waals surface area contributed by atoms with Gasteiger partial charge in [0.2, 0.25) is 0 Å². The maximum atomic E-state index is 13.3. The average molecular weight is 308 g/mol. The van der Waals surface area contributed by atoms with Crippen LogP contribution < -0.4 is 10.8 Å². The third-order valence-corrected chi connectivity index (χ3v) is 3.56. The van der Waals surface area contributed by atoms with Gasteiger partial charge in [-0.15, -0.1) is 0 Å². The molecule has 16 heavy (non-hydrogen) atoms. The minimum absolute atomic E-state index is 0.287. The van der Waals surface area contributed by atoms with Crippen LogP contribution in [0.1, 0.15) is 5.56 Å². The molecule has 0 aliphatic carbocycles. The number of benzene rings is 1. The van der Waals surface area contributed by atoms with E-state index in [1.807, 2.05) is 0 Å². The summed E-state index contributed by atoms with van der Waals surface area (Å²) in [5.41, 5.74) is 3.97. The highest BCUT2D eigenvalue weighted by molar-refractivity contribution is 9.10. The lowest BCUT2D eigenvalue weighted by atomic mass is 10.2. The van der Waals surface area contributed by atoms with E-state index < -0.39 is 12.0 Å². The average Bonchev–Trinajstić information content (AvgIpc) is 2.22. The van der Waals surface area contributed by atoms with Crippen LogP contribution in [0, 0.1) is 5.82 Å².